The number of hydrogen-bond donors (Lipinski definition) is 1. The van der Waals surface area contributed by atoms with Gasteiger partial charge in [0.05, 0.1) is 5.60 Å². The molecule has 0 saturated carbocycles. The van der Waals surface area contributed by atoms with Crippen LogP contribution in [-0.2, 0) is 4.74 Å². The Bertz CT molecular complexity index is 391. The zero-order valence-corrected chi connectivity index (χ0v) is 12.5. The summed E-state index contributed by atoms with van der Waals surface area (Å²) < 4.78 is 5.57. The molecule has 19 heavy (non-hydrogen) atoms. The molecule has 2 unspecified atom stereocenters. The van der Waals surface area contributed by atoms with Crippen LogP contribution in [0.3, 0.4) is 0 Å². The quantitative estimate of drug-likeness (QED) is 0.902. The van der Waals surface area contributed by atoms with Gasteiger partial charge in [-0.1, -0.05) is 30.3 Å². The Balaban J connectivity index is 2.04. The van der Waals surface area contributed by atoms with E-state index in [4.69, 9.17) is 4.74 Å². The number of nitrogens with one attached hydrogen (secondary N) is 1. The summed E-state index contributed by atoms with van der Waals surface area (Å²) in [5.41, 5.74) is 1.28. The molecule has 0 spiro atoms. The molecule has 1 aliphatic heterocycles. The second-order valence-corrected chi connectivity index (χ2v) is 6.11. The molecule has 0 aromatic heterocycles. The summed E-state index contributed by atoms with van der Waals surface area (Å²) in [4.78, 5) is 2.53. The Labute approximate surface area is 116 Å². The van der Waals surface area contributed by atoms with Crippen LogP contribution in [0.4, 0.5) is 0 Å². The summed E-state index contributed by atoms with van der Waals surface area (Å²) in [6, 6.07) is 11.7. The van der Waals surface area contributed by atoms with Gasteiger partial charge in [0.2, 0.25) is 0 Å². The average Bonchev–Trinajstić information content (AvgIpc) is 2.42. The molecule has 1 aliphatic rings. The first-order chi connectivity index (χ1) is 9.02. The van der Waals surface area contributed by atoms with Gasteiger partial charge in [-0.05, 0) is 26.3 Å². The number of piperazine rings is 1. The van der Waals surface area contributed by atoms with E-state index in [1.807, 2.05) is 0 Å². The third-order valence-corrected chi connectivity index (χ3v) is 4.04. The number of hydrogen-bond acceptors (Lipinski definition) is 3. The van der Waals surface area contributed by atoms with Crippen molar-refractivity contribution in [1.29, 1.82) is 0 Å². The van der Waals surface area contributed by atoms with Crippen LogP contribution in [-0.4, -0.2) is 43.3 Å². The van der Waals surface area contributed by atoms with Crippen molar-refractivity contribution in [2.24, 2.45) is 0 Å². The highest BCUT2D eigenvalue weighted by Crippen LogP contribution is 2.22. The standard InChI is InChI=1S/C16H26N2O/c1-13-10-17-15(14-8-6-5-7-9-14)11-18(13)12-16(2,3)19-4/h5-9,13,15,17H,10-12H2,1-4H3. The van der Waals surface area contributed by atoms with Gasteiger partial charge in [0.25, 0.3) is 0 Å². The second-order valence-electron chi connectivity index (χ2n) is 6.11. The molecule has 1 heterocycles. The van der Waals surface area contributed by atoms with Gasteiger partial charge in [0.1, 0.15) is 0 Å². The lowest BCUT2D eigenvalue weighted by Gasteiger charge is -2.42. The molecule has 0 amide bonds. The number of benzene rings is 1. The Kier molecular flexibility index (Phi) is 4.61. The van der Waals surface area contributed by atoms with E-state index in [1.165, 1.54) is 5.56 Å². The smallest absolute Gasteiger partial charge is 0.0749 e. The maximum absolute atomic E-state index is 5.57. The Hall–Kier alpha value is -0.900. The highest BCUT2D eigenvalue weighted by atomic mass is 16.5. The van der Waals surface area contributed by atoms with Gasteiger partial charge in [-0.15, -0.1) is 0 Å². The van der Waals surface area contributed by atoms with Gasteiger partial charge in [-0.2, -0.15) is 0 Å². The third-order valence-electron chi connectivity index (χ3n) is 4.04. The minimum absolute atomic E-state index is 0.0904. The van der Waals surface area contributed by atoms with E-state index in [2.05, 4.69) is 61.3 Å². The van der Waals surface area contributed by atoms with Crippen LogP contribution in [0.1, 0.15) is 32.4 Å². The van der Waals surface area contributed by atoms with E-state index in [-0.39, 0.29) is 5.60 Å². The zero-order valence-electron chi connectivity index (χ0n) is 12.5. The van der Waals surface area contributed by atoms with Gasteiger partial charge in [-0.3, -0.25) is 4.90 Å². The maximum Gasteiger partial charge on any atom is 0.0749 e. The van der Waals surface area contributed by atoms with Crippen molar-refractivity contribution in [1.82, 2.24) is 10.2 Å². The largest absolute Gasteiger partial charge is 0.377 e. The molecule has 3 nitrogen and oxygen atoms in total. The van der Waals surface area contributed by atoms with E-state index in [9.17, 15) is 0 Å². The van der Waals surface area contributed by atoms with Crippen LogP contribution >= 0.6 is 0 Å². The minimum atomic E-state index is -0.0904. The van der Waals surface area contributed by atoms with Crippen LogP contribution in [0.25, 0.3) is 0 Å². The Morgan fingerprint density at radius 3 is 2.63 bits per heavy atom. The fourth-order valence-electron chi connectivity index (χ4n) is 2.60. The number of rotatable bonds is 4. The van der Waals surface area contributed by atoms with E-state index in [0.717, 1.165) is 19.6 Å². The van der Waals surface area contributed by atoms with Crippen LogP contribution in [0.5, 0.6) is 0 Å². The molecular weight excluding hydrogens is 236 g/mol. The van der Waals surface area contributed by atoms with E-state index >= 15 is 0 Å². The molecule has 2 rings (SSSR count). The molecule has 2 atom stereocenters. The molecule has 106 valence electrons. The van der Waals surface area contributed by atoms with E-state index in [1.54, 1.807) is 7.11 Å². The second kappa shape index (κ2) is 6.04. The van der Waals surface area contributed by atoms with Crippen LogP contribution < -0.4 is 5.32 Å². The first-order valence-electron chi connectivity index (χ1n) is 7.09. The molecule has 1 saturated heterocycles. The highest BCUT2D eigenvalue weighted by molar-refractivity contribution is 5.20. The predicted octanol–water partition coefficient (Wildman–Crippen LogP) is 2.45. The lowest BCUT2D eigenvalue weighted by Crippen LogP contribution is -2.55. The number of ether oxygens (including phenoxy) is 1. The molecule has 0 bridgehead atoms. The number of nitrogens with zero attached hydrogens (tertiary/aromatic N) is 1. The fraction of sp³-hybridized carbons (Fsp3) is 0.625. The molecule has 1 aromatic carbocycles. The van der Waals surface area contributed by atoms with Gasteiger partial charge in [0.15, 0.2) is 0 Å². The minimum Gasteiger partial charge on any atom is -0.377 e. The predicted molar refractivity (Wildman–Crippen MR) is 79.3 cm³/mol. The molecule has 0 aliphatic carbocycles. The topological polar surface area (TPSA) is 24.5 Å². The Morgan fingerprint density at radius 1 is 1.32 bits per heavy atom. The summed E-state index contributed by atoms with van der Waals surface area (Å²) in [6.45, 7) is 9.62. The van der Waals surface area contributed by atoms with Gasteiger partial charge in [0, 0.05) is 38.8 Å². The lowest BCUT2D eigenvalue weighted by atomic mass is 10.00. The van der Waals surface area contributed by atoms with E-state index < -0.39 is 0 Å². The van der Waals surface area contributed by atoms with Crippen molar-refractivity contribution in [2.45, 2.75) is 38.5 Å². The maximum atomic E-state index is 5.57. The molecule has 1 aromatic rings. The molecule has 1 N–H and O–H groups in total. The van der Waals surface area contributed by atoms with Crippen molar-refractivity contribution in [3.8, 4) is 0 Å². The normalized spacial score (nSPS) is 25.5. The molecule has 0 radical (unpaired) electrons. The van der Waals surface area contributed by atoms with Crippen molar-refractivity contribution >= 4 is 0 Å². The summed E-state index contributed by atoms with van der Waals surface area (Å²) in [7, 11) is 1.79. The molecule has 1 fully saturated rings. The summed E-state index contributed by atoms with van der Waals surface area (Å²) >= 11 is 0. The van der Waals surface area contributed by atoms with Gasteiger partial charge >= 0.3 is 0 Å². The summed E-state index contributed by atoms with van der Waals surface area (Å²) in [6.07, 6.45) is 0. The summed E-state index contributed by atoms with van der Waals surface area (Å²) in [5, 5.41) is 3.64. The van der Waals surface area contributed by atoms with Crippen LogP contribution in [0, 0.1) is 0 Å². The molecular formula is C16H26N2O. The summed E-state index contributed by atoms with van der Waals surface area (Å²) in [5.74, 6) is 0. The lowest BCUT2D eigenvalue weighted by molar-refractivity contribution is -0.0247. The van der Waals surface area contributed by atoms with E-state index in [0.29, 0.717) is 12.1 Å². The van der Waals surface area contributed by atoms with Crippen molar-refractivity contribution < 1.29 is 4.74 Å². The third kappa shape index (κ3) is 3.78. The van der Waals surface area contributed by atoms with Crippen molar-refractivity contribution in [3.63, 3.8) is 0 Å². The van der Waals surface area contributed by atoms with Crippen LogP contribution in [0.15, 0.2) is 30.3 Å². The SMILES string of the molecule is COC(C)(C)CN1CC(c2ccccc2)NCC1C. The highest BCUT2D eigenvalue weighted by Gasteiger charge is 2.30. The van der Waals surface area contributed by atoms with Crippen LogP contribution in [0.2, 0.25) is 0 Å². The Morgan fingerprint density at radius 2 is 2.00 bits per heavy atom. The first-order valence-corrected chi connectivity index (χ1v) is 7.09. The van der Waals surface area contributed by atoms with Gasteiger partial charge in [-0.25, -0.2) is 0 Å². The zero-order chi connectivity index (χ0) is 13.9. The number of methoxy groups -OCH3 is 1. The van der Waals surface area contributed by atoms with Crippen molar-refractivity contribution in [3.05, 3.63) is 35.9 Å². The first kappa shape index (κ1) is 14.5. The van der Waals surface area contributed by atoms with Gasteiger partial charge < -0.3 is 10.1 Å². The average molecular weight is 262 g/mol. The fourth-order valence-corrected chi connectivity index (χ4v) is 2.60. The molecule has 3 heteroatoms. The monoisotopic (exact) mass is 262 g/mol. The van der Waals surface area contributed by atoms with Crippen molar-refractivity contribution in [2.75, 3.05) is 26.7 Å².